The first-order chi connectivity index (χ1) is 15.0. The number of carbonyl (C=O) groups is 1. The molecule has 1 heterocycles. The zero-order chi connectivity index (χ0) is 22.2. The van der Waals surface area contributed by atoms with Gasteiger partial charge in [0.2, 0.25) is 17.6 Å². The first-order valence-corrected chi connectivity index (χ1v) is 9.88. The van der Waals surface area contributed by atoms with Crippen molar-refractivity contribution in [2.45, 2.75) is 45.3 Å². The van der Waals surface area contributed by atoms with Crippen molar-refractivity contribution < 1.29 is 27.2 Å². The summed E-state index contributed by atoms with van der Waals surface area (Å²) in [6.07, 6.45) is 1.56. The van der Waals surface area contributed by atoms with Crippen molar-refractivity contribution in [2.75, 3.05) is 0 Å². The van der Waals surface area contributed by atoms with Crippen molar-refractivity contribution >= 4 is 5.91 Å². The molecule has 9 heteroatoms. The molecule has 0 radical (unpaired) electrons. The minimum absolute atomic E-state index is 0.0452. The van der Waals surface area contributed by atoms with Gasteiger partial charge in [-0.2, -0.15) is 13.8 Å². The summed E-state index contributed by atoms with van der Waals surface area (Å²) >= 11 is 0. The first kappa shape index (κ1) is 22.3. The molecule has 2 aromatic carbocycles. The SMILES string of the molecule is CCC(NC(=O)CCCc1nc(-c2ccc(F)cc2)no1)c1ccccc1OC(F)F. The standard InChI is InChI=1S/C22H22F3N3O3/c1-2-17(16-6-3-4-7-18(16)30-22(24)25)26-19(29)8-5-9-20-27-21(28-31-20)14-10-12-15(23)13-11-14/h3-4,6-7,10-13,17,22H,2,5,8-9H2,1H3,(H,26,29). The number of halogens is 3. The summed E-state index contributed by atoms with van der Waals surface area (Å²) in [5, 5.41) is 6.72. The maximum atomic E-state index is 13.0. The molecule has 6 nitrogen and oxygen atoms in total. The van der Waals surface area contributed by atoms with Gasteiger partial charge in [-0.1, -0.05) is 30.3 Å². The Morgan fingerprint density at radius 3 is 2.61 bits per heavy atom. The fourth-order valence-corrected chi connectivity index (χ4v) is 3.11. The smallest absolute Gasteiger partial charge is 0.387 e. The highest BCUT2D eigenvalue weighted by Crippen LogP contribution is 2.28. The van der Waals surface area contributed by atoms with Gasteiger partial charge in [0.25, 0.3) is 0 Å². The highest BCUT2D eigenvalue weighted by atomic mass is 19.3. The molecule has 164 valence electrons. The number of aromatic nitrogens is 2. The summed E-state index contributed by atoms with van der Waals surface area (Å²) in [7, 11) is 0. The van der Waals surface area contributed by atoms with Crippen LogP contribution in [0, 0.1) is 5.82 Å². The summed E-state index contributed by atoms with van der Waals surface area (Å²) in [6, 6.07) is 11.7. The fraction of sp³-hybridized carbons (Fsp3) is 0.318. The largest absolute Gasteiger partial charge is 0.434 e. The minimum atomic E-state index is -2.94. The monoisotopic (exact) mass is 433 g/mol. The summed E-state index contributed by atoms with van der Waals surface area (Å²) in [4.78, 5) is 16.6. The lowest BCUT2D eigenvalue weighted by atomic mass is 10.0. The molecule has 0 bridgehead atoms. The molecular weight excluding hydrogens is 411 g/mol. The van der Waals surface area contributed by atoms with Crippen LogP contribution in [0.5, 0.6) is 5.75 Å². The molecule has 0 saturated heterocycles. The van der Waals surface area contributed by atoms with Crippen molar-refractivity contribution in [1.82, 2.24) is 15.5 Å². The molecule has 0 saturated carbocycles. The molecule has 0 aliphatic rings. The molecule has 1 unspecified atom stereocenters. The molecule has 1 aromatic heterocycles. The fourth-order valence-electron chi connectivity index (χ4n) is 3.11. The summed E-state index contributed by atoms with van der Waals surface area (Å²) < 4.78 is 48.0. The average molecular weight is 433 g/mol. The Morgan fingerprint density at radius 2 is 1.90 bits per heavy atom. The van der Waals surface area contributed by atoms with E-state index in [1.54, 1.807) is 30.3 Å². The van der Waals surface area contributed by atoms with Crippen molar-refractivity contribution in [1.29, 1.82) is 0 Å². The molecule has 31 heavy (non-hydrogen) atoms. The van der Waals surface area contributed by atoms with Gasteiger partial charge in [-0.3, -0.25) is 4.79 Å². The van der Waals surface area contributed by atoms with E-state index in [1.807, 2.05) is 6.92 Å². The van der Waals surface area contributed by atoms with Crippen LogP contribution in [0.1, 0.15) is 43.7 Å². The van der Waals surface area contributed by atoms with Crippen LogP contribution >= 0.6 is 0 Å². The quantitative estimate of drug-likeness (QED) is 0.483. The van der Waals surface area contributed by atoms with Crippen molar-refractivity contribution in [3.05, 3.63) is 65.8 Å². The van der Waals surface area contributed by atoms with E-state index < -0.39 is 12.7 Å². The third-order valence-electron chi connectivity index (χ3n) is 4.62. The molecule has 3 aromatic rings. The number of hydrogen-bond donors (Lipinski definition) is 1. The van der Waals surface area contributed by atoms with E-state index in [2.05, 4.69) is 20.2 Å². The Kier molecular flexibility index (Phi) is 7.64. The van der Waals surface area contributed by atoms with Crippen molar-refractivity contribution in [2.24, 2.45) is 0 Å². The second kappa shape index (κ2) is 10.6. The lowest BCUT2D eigenvalue weighted by Crippen LogP contribution is -2.28. The van der Waals surface area contributed by atoms with Crippen LogP contribution in [-0.4, -0.2) is 22.7 Å². The third kappa shape index (κ3) is 6.31. The van der Waals surface area contributed by atoms with Crippen LogP contribution in [0.25, 0.3) is 11.4 Å². The Hall–Kier alpha value is -3.36. The van der Waals surface area contributed by atoms with E-state index in [0.717, 1.165) is 0 Å². The number of amides is 1. The van der Waals surface area contributed by atoms with E-state index in [9.17, 15) is 18.0 Å². The average Bonchev–Trinajstić information content (AvgIpc) is 3.21. The zero-order valence-corrected chi connectivity index (χ0v) is 16.9. The number of alkyl halides is 2. The zero-order valence-electron chi connectivity index (χ0n) is 16.9. The van der Waals surface area contributed by atoms with E-state index in [0.29, 0.717) is 42.1 Å². The maximum absolute atomic E-state index is 13.0. The van der Waals surface area contributed by atoms with Crippen LogP contribution in [-0.2, 0) is 11.2 Å². The van der Waals surface area contributed by atoms with Crippen LogP contribution in [0.15, 0.2) is 53.1 Å². The van der Waals surface area contributed by atoms with Gasteiger partial charge in [0, 0.05) is 24.0 Å². The molecule has 1 N–H and O–H groups in total. The Labute approximate surface area is 177 Å². The van der Waals surface area contributed by atoms with Crippen molar-refractivity contribution in [3.8, 4) is 17.1 Å². The normalized spacial score (nSPS) is 12.0. The third-order valence-corrected chi connectivity index (χ3v) is 4.62. The van der Waals surface area contributed by atoms with Gasteiger partial charge < -0.3 is 14.6 Å². The number of nitrogens with zero attached hydrogens (tertiary/aromatic N) is 2. The predicted octanol–water partition coefficient (Wildman–Crippen LogP) is 5.07. The van der Waals surface area contributed by atoms with Crippen LogP contribution in [0.3, 0.4) is 0 Å². The van der Waals surface area contributed by atoms with Gasteiger partial charge in [-0.15, -0.1) is 0 Å². The Bertz CT molecular complexity index is 993. The number of carbonyl (C=O) groups excluding carboxylic acids is 1. The van der Waals surface area contributed by atoms with Gasteiger partial charge in [0.15, 0.2) is 0 Å². The lowest BCUT2D eigenvalue weighted by Gasteiger charge is -2.20. The van der Waals surface area contributed by atoms with Gasteiger partial charge in [0.1, 0.15) is 11.6 Å². The second-order valence-electron chi connectivity index (χ2n) is 6.82. The molecule has 0 aliphatic carbocycles. The number of nitrogens with one attached hydrogen (secondary N) is 1. The number of ether oxygens (including phenoxy) is 1. The molecule has 1 atom stereocenters. The second-order valence-corrected chi connectivity index (χ2v) is 6.82. The van der Waals surface area contributed by atoms with E-state index in [1.165, 1.54) is 18.2 Å². The van der Waals surface area contributed by atoms with Crippen LogP contribution in [0.4, 0.5) is 13.2 Å². The molecule has 0 fully saturated rings. The van der Waals surface area contributed by atoms with Gasteiger partial charge in [-0.25, -0.2) is 4.39 Å². The minimum Gasteiger partial charge on any atom is -0.434 e. The van der Waals surface area contributed by atoms with Gasteiger partial charge in [-0.05, 0) is 43.2 Å². The van der Waals surface area contributed by atoms with E-state index >= 15 is 0 Å². The number of hydrogen-bond acceptors (Lipinski definition) is 5. The lowest BCUT2D eigenvalue weighted by molar-refractivity contribution is -0.122. The molecule has 0 aliphatic heterocycles. The predicted molar refractivity (Wildman–Crippen MR) is 107 cm³/mol. The number of rotatable bonds is 10. The Balaban J connectivity index is 1.52. The number of para-hydroxylation sites is 1. The maximum Gasteiger partial charge on any atom is 0.387 e. The van der Waals surface area contributed by atoms with E-state index in [-0.39, 0.29) is 23.9 Å². The highest BCUT2D eigenvalue weighted by molar-refractivity contribution is 5.76. The summed E-state index contributed by atoms with van der Waals surface area (Å²) in [5.41, 5.74) is 1.13. The molecule has 1 amide bonds. The topological polar surface area (TPSA) is 77.3 Å². The Morgan fingerprint density at radius 1 is 1.16 bits per heavy atom. The van der Waals surface area contributed by atoms with Gasteiger partial charge >= 0.3 is 6.61 Å². The highest BCUT2D eigenvalue weighted by Gasteiger charge is 2.19. The summed E-state index contributed by atoms with van der Waals surface area (Å²) in [5.74, 6) is 0.184. The summed E-state index contributed by atoms with van der Waals surface area (Å²) in [6.45, 7) is -1.09. The van der Waals surface area contributed by atoms with Crippen LogP contribution < -0.4 is 10.1 Å². The number of aryl methyl sites for hydroxylation is 1. The molecule has 0 spiro atoms. The molecular formula is C22H22F3N3O3. The van der Waals surface area contributed by atoms with E-state index in [4.69, 9.17) is 4.52 Å². The van der Waals surface area contributed by atoms with Gasteiger partial charge in [0.05, 0.1) is 6.04 Å². The van der Waals surface area contributed by atoms with Crippen molar-refractivity contribution in [3.63, 3.8) is 0 Å². The van der Waals surface area contributed by atoms with Crippen LogP contribution in [0.2, 0.25) is 0 Å². The first-order valence-electron chi connectivity index (χ1n) is 9.88. The number of benzene rings is 2. The molecule has 3 rings (SSSR count).